The number of rotatable bonds is 4. The first-order valence-electron chi connectivity index (χ1n) is 5.02. The Bertz CT molecular complexity index is 501. The molecule has 0 aromatic carbocycles. The van der Waals surface area contributed by atoms with Gasteiger partial charge in [-0.1, -0.05) is 0 Å². The first-order valence-corrected chi connectivity index (χ1v) is 6.10. The Morgan fingerprint density at radius 3 is 2.83 bits per heavy atom. The minimum Gasteiger partial charge on any atom is -0.466 e. The minimum absolute atomic E-state index is 0.0492. The van der Waals surface area contributed by atoms with E-state index in [0.29, 0.717) is 3.70 Å². The summed E-state index contributed by atoms with van der Waals surface area (Å²) in [4.78, 5) is 15.1. The van der Waals surface area contributed by atoms with Crippen LogP contribution in [0.4, 0.5) is 8.78 Å². The molecular formula is C11H9F2IN2O2. The molecule has 1 rings (SSSR count). The van der Waals surface area contributed by atoms with Gasteiger partial charge in [0.15, 0.2) is 0 Å². The van der Waals surface area contributed by atoms with Crippen molar-refractivity contribution in [1.82, 2.24) is 4.98 Å². The second-order valence-electron chi connectivity index (χ2n) is 3.26. The molecule has 18 heavy (non-hydrogen) atoms. The van der Waals surface area contributed by atoms with Crippen LogP contribution in [0.1, 0.15) is 30.2 Å². The molecule has 1 aromatic heterocycles. The van der Waals surface area contributed by atoms with Crippen LogP contribution in [-0.4, -0.2) is 17.6 Å². The maximum Gasteiger partial charge on any atom is 0.311 e. The van der Waals surface area contributed by atoms with Gasteiger partial charge in [-0.15, -0.1) is 0 Å². The number of hydrogen-bond donors (Lipinski definition) is 0. The lowest BCUT2D eigenvalue weighted by molar-refractivity contribution is -0.142. The summed E-state index contributed by atoms with van der Waals surface area (Å²) in [5, 5.41) is 8.75. The van der Waals surface area contributed by atoms with Gasteiger partial charge >= 0.3 is 5.97 Å². The Balaban J connectivity index is 3.14. The third-order valence-corrected chi connectivity index (χ3v) is 2.88. The van der Waals surface area contributed by atoms with Crippen LogP contribution in [0.2, 0.25) is 0 Å². The minimum atomic E-state index is -2.79. The standard InChI is InChI=1S/C11H9F2IN2O2/c1-2-18-9(17)4-8-7(10(12)13)3-6(5-15)11(14)16-8/h3,10H,2,4H2,1H3. The van der Waals surface area contributed by atoms with Gasteiger partial charge < -0.3 is 4.74 Å². The molecule has 0 aliphatic carbocycles. The van der Waals surface area contributed by atoms with Crippen molar-refractivity contribution in [3.63, 3.8) is 0 Å². The highest BCUT2D eigenvalue weighted by atomic mass is 127. The second-order valence-corrected chi connectivity index (χ2v) is 4.28. The van der Waals surface area contributed by atoms with Gasteiger partial charge in [0.05, 0.1) is 24.3 Å². The fourth-order valence-electron chi connectivity index (χ4n) is 1.30. The number of ether oxygens (including phenoxy) is 1. The molecule has 0 amide bonds. The molecule has 4 nitrogen and oxygen atoms in total. The topological polar surface area (TPSA) is 63.0 Å². The molecule has 0 aliphatic heterocycles. The van der Waals surface area contributed by atoms with Crippen LogP contribution >= 0.6 is 22.6 Å². The fraction of sp³-hybridized carbons (Fsp3) is 0.364. The van der Waals surface area contributed by atoms with Crippen molar-refractivity contribution in [3.05, 3.63) is 26.6 Å². The quantitative estimate of drug-likeness (QED) is 0.467. The molecule has 7 heteroatoms. The van der Waals surface area contributed by atoms with Gasteiger partial charge in [0.25, 0.3) is 6.43 Å². The van der Waals surface area contributed by atoms with Gasteiger partial charge in [-0.25, -0.2) is 13.8 Å². The van der Waals surface area contributed by atoms with Crippen molar-refractivity contribution in [2.75, 3.05) is 6.61 Å². The molecular weight excluding hydrogens is 357 g/mol. The normalized spacial score (nSPS) is 10.2. The van der Waals surface area contributed by atoms with Crippen LogP contribution in [0.3, 0.4) is 0 Å². The van der Waals surface area contributed by atoms with Crippen LogP contribution in [0.15, 0.2) is 6.07 Å². The fourth-order valence-corrected chi connectivity index (χ4v) is 1.87. The van der Waals surface area contributed by atoms with Crippen LogP contribution in [0.5, 0.6) is 0 Å². The zero-order chi connectivity index (χ0) is 13.7. The summed E-state index contributed by atoms with van der Waals surface area (Å²) in [7, 11) is 0. The van der Waals surface area contributed by atoms with Gasteiger partial charge in [-0.2, -0.15) is 5.26 Å². The van der Waals surface area contributed by atoms with Crippen LogP contribution in [-0.2, 0) is 16.0 Å². The van der Waals surface area contributed by atoms with Gasteiger partial charge in [-0.05, 0) is 35.6 Å². The highest BCUT2D eigenvalue weighted by Gasteiger charge is 2.20. The molecule has 0 spiro atoms. The van der Waals surface area contributed by atoms with E-state index in [0.717, 1.165) is 6.07 Å². The van der Waals surface area contributed by atoms with Crippen molar-refractivity contribution in [2.45, 2.75) is 19.8 Å². The lowest BCUT2D eigenvalue weighted by Crippen LogP contribution is -2.12. The number of carbonyl (C=O) groups excluding carboxylic acids is 1. The Kier molecular flexibility index (Phi) is 5.40. The molecule has 0 atom stereocenters. The van der Waals surface area contributed by atoms with E-state index < -0.39 is 18.0 Å². The van der Waals surface area contributed by atoms with Gasteiger partial charge in [-0.3, -0.25) is 4.79 Å². The van der Waals surface area contributed by atoms with Crippen molar-refractivity contribution in [2.24, 2.45) is 0 Å². The summed E-state index contributed by atoms with van der Waals surface area (Å²) in [6, 6.07) is 2.84. The number of halogens is 3. The zero-order valence-corrected chi connectivity index (χ0v) is 11.6. The molecule has 1 aromatic rings. The third kappa shape index (κ3) is 3.60. The van der Waals surface area contributed by atoms with E-state index >= 15 is 0 Å². The van der Waals surface area contributed by atoms with Crippen molar-refractivity contribution >= 4 is 28.6 Å². The maximum absolute atomic E-state index is 12.8. The highest BCUT2D eigenvalue weighted by molar-refractivity contribution is 14.1. The van der Waals surface area contributed by atoms with Crippen LogP contribution < -0.4 is 0 Å². The SMILES string of the molecule is CCOC(=O)Cc1nc(I)c(C#N)cc1C(F)F. The number of alkyl halides is 2. The summed E-state index contributed by atoms with van der Waals surface area (Å²) in [6.45, 7) is 1.80. The highest BCUT2D eigenvalue weighted by Crippen LogP contribution is 2.25. The number of nitriles is 1. The molecule has 0 radical (unpaired) electrons. The number of aromatic nitrogens is 1. The average Bonchev–Trinajstić information content (AvgIpc) is 2.29. The van der Waals surface area contributed by atoms with Gasteiger partial charge in [0.2, 0.25) is 0 Å². The third-order valence-electron chi connectivity index (χ3n) is 2.06. The lowest BCUT2D eigenvalue weighted by atomic mass is 10.1. The predicted molar refractivity (Wildman–Crippen MR) is 67.0 cm³/mol. The molecule has 0 fully saturated rings. The first kappa shape index (κ1) is 14.8. The molecule has 0 N–H and O–H groups in total. The zero-order valence-electron chi connectivity index (χ0n) is 9.41. The monoisotopic (exact) mass is 366 g/mol. The predicted octanol–water partition coefficient (Wildman–Crippen LogP) is 2.60. The average molecular weight is 366 g/mol. The molecule has 0 bridgehead atoms. The number of esters is 1. The summed E-state index contributed by atoms with van der Waals surface area (Å²) in [5.74, 6) is -0.618. The summed E-state index contributed by atoms with van der Waals surface area (Å²) >= 11 is 1.76. The smallest absolute Gasteiger partial charge is 0.311 e. The van der Waals surface area contributed by atoms with E-state index in [2.05, 4.69) is 9.72 Å². The lowest BCUT2D eigenvalue weighted by Gasteiger charge is -2.09. The van der Waals surface area contributed by atoms with E-state index in [1.54, 1.807) is 35.6 Å². The van der Waals surface area contributed by atoms with E-state index in [1.165, 1.54) is 0 Å². The number of pyridine rings is 1. The second kappa shape index (κ2) is 6.58. The largest absolute Gasteiger partial charge is 0.466 e. The number of carbonyl (C=O) groups is 1. The number of hydrogen-bond acceptors (Lipinski definition) is 4. The molecule has 96 valence electrons. The molecule has 1 heterocycles. The summed E-state index contributed by atoms with van der Waals surface area (Å²) < 4.78 is 30.6. The Morgan fingerprint density at radius 2 is 2.33 bits per heavy atom. The van der Waals surface area contributed by atoms with Gasteiger partial charge in [0, 0.05) is 5.56 Å². The molecule has 0 saturated carbocycles. The van der Waals surface area contributed by atoms with E-state index in [1.807, 2.05) is 0 Å². The van der Waals surface area contributed by atoms with Crippen molar-refractivity contribution in [1.29, 1.82) is 5.26 Å². The van der Waals surface area contributed by atoms with Crippen molar-refractivity contribution < 1.29 is 18.3 Å². The van der Waals surface area contributed by atoms with Crippen LogP contribution in [0.25, 0.3) is 0 Å². The molecule has 0 saturated heterocycles. The van der Waals surface area contributed by atoms with E-state index in [9.17, 15) is 13.6 Å². The maximum atomic E-state index is 12.8. The molecule has 0 aliphatic rings. The van der Waals surface area contributed by atoms with Gasteiger partial charge in [0.1, 0.15) is 9.77 Å². The summed E-state index contributed by atoms with van der Waals surface area (Å²) in [6.07, 6.45) is -3.11. The van der Waals surface area contributed by atoms with E-state index in [4.69, 9.17) is 5.26 Å². The van der Waals surface area contributed by atoms with E-state index in [-0.39, 0.29) is 24.3 Å². The first-order chi connectivity index (χ1) is 8.49. The summed E-state index contributed by atoms with van der Waals surface area (Å²) in [5.41, 5.74) is -0.384. The Labute approximate surface area is 116 Å². The molecule has 0 unspecified atom stereocenters. The van der Waals surface area contributed by atoms with Crippen molar-refractivity contribution in [3.8, 4) is 6.07 Å². The number of nitrogens with zero attached hydrogens (tertiary/aromatic N) is 2. The van der Waals surface area contributed by atoms with Crippen LogP contribution in [0, 0.1) is 15.0 Å². The Hall–Kier alpha value is -1.30. The Morgan fingerprint density at radius 1 is 1.67 bits per heavy atom.